The Labute approximate surface area is 138 Å². The molecule has 1 aromatic carbocycles. The third-order valence-corrected chi connectivity index (χ3v) is 4.03. The van der Waals surface area contributed by atoms with Crippen LogP contribution in [0.2, 0.25) is 0 Å². The number of hydrogen-bond donors (Lipinski definition) is 1. The van der Waals surface area contributed by atoms with Crippen molar-refractivity contribution < 1.29 is 19.1 Å². The number of carbonyl (C=O) groups is 2. The molecule has 0 aliphatic carbocycles. The van der Waals surface area contributed by atoms with Crippen LogP contribution in [0.5, 0.6) is 5.75 Å². The number of rotatable bonds is 7. The van der Waals surface area contributed by atoms with Gasteiger partial charge in [-0.25, -0.2) is 9.78 Å². The summed E-state index contributed by atoms with van der Waals surface area (Å²) in [6.07, 6.45) is 0.911. The fourth-order valence-electron chi connectivity index (χ4n) is 1.85. The summed E-state index contributed by atoms with van der Waals surface area (Å²) < 4.78 is 10.2. The van der Waals surface area contributed by atoms with Crippen LogP contribution in [-0.2, 0) is 9.53 Å². The molecule has 0 aliphatic heterocycles. The molecule has 1 heterocycles. The van der Waals surface area contributed by atoms with Gasteiger partial charge in [-0.3, -0.25) is 4.79 Å². The van der Waals surface area contributed by atoms with E-state index in [1.165, 1.54) is 7.11 Å². The van der Waals surface area contributed by atoms with E-state index in [0.717, 1.165) is 17.1 Å². The first-order valence-corrected chi connectivity index (χ1v) is 7.95. The van der Waals surface area contributed by atoms with Crippen LogP contribution in [0.3, 0.4) is 0 Å². The van der Waals surface area contributed by atoms with E-state index in [9.17, 15) is 9.59 Å². The second kappa shape index (κ2) is 8.28. The van der Waals surface area contributed by atoms with Gasteiger partial charge in [0.2, 0.25) is 5.91 Å². The van der Waals surface area contributed by atoms with Crippen molar-refractivity contribution in [2.45, 2.75) is 19.8 Å². The molecule has 2 rings (SSSR count). The number of thiazole rings is 1. The molecule has 0 atom stereocenters. The molecule has 122 valence electrons. The molecule has 0 spiro atoms. The molecule has 0 bridgehead atoms. The van der Waals surface area contributed by atoms with Crippen molar-refractivity contribution in [1.29, 1.82) is 0 Å². The van der Waals surface area contributed by atoms with E-state index in [2.05, 4.69) is 15.0 Å². The van der Waals surface area contributed by atoms with Gasteiger partial charge in [0, 0.05) is 6.42 Å². The molecular formula is C16H18N2O4S. The maximum atomic E-state index is 11.9. The van der Waals surface area contributed by atoms with Crippen molar-refractivity contribution in [3.63, 3.8) is 0 Å². The number of esters is 1. The Balaban J connectivity index is 1.75. The summed E-state index contributed by atoms with van der Waals surface area (Å²) in [4.78, 5) is 27.9. The second-order valence-corrected chi connectivity index (χ2v) is 5.74. The van der Waals surface area contributed by atoms with Crippen LogP contribution in [0.15, 0.2) is 30.3 Å². The van der Waals surface area contributed by atoms with Crippen molar-refractivity contribution in [1.82, 2.24) is 4.98 Å². The smallest absolute Gasteiger partial charge is 0.350 e. The van der Waals surface area contributed by atoms with Gasteiger partial charge in [-0.05, 0) is 25.5 Å². The number of para-hydroxylation sites is 1. The molecule has 1 amide bonds. The van der Waals surface area contributed by atoms with Crippen molar-refractivity contribution >= 4 is 28.3 Å². The lowest BCUT2D eigenvalue weighted by Gasteiger charge is -2.05. The van der Waals surface area contributed by atoms with E-state index < -0.39 is 5.97 Å². The Morgan fingerprint density at radius 2 is 2.00 bits per heavy atom. The second-order valence-electron chi connectivity index (χ2n) is 4.74. The predicted octanol–water partition coefficient (Wildman–Crippen LogP) is 3.04. The minimum atomic E-state index is -0.447. The Morgan fingerprint density at radius 3 is 2.70 bits per heavy atom. The highest BCUT2D eigenvalue weighted by Crippen LogP contribution is 2.23. The lowest BCUT2D eigenvalue weighted by molar-refractivity contribution is -0.116. The molecule has 23 heavy (non-hydrogen) atoms. The summed E-state index contributed by atoms with van der Waals surface area (Å²) in [6, 6.07) is 9.44. The highest BCUT2D eigenvalue weighted by Gasteiger charge is 2.16. The van der Waals surface area contributed by atoms with Crippen LogP contribution < -0.4 is 10.1 Å². The van der Waals surface area contributed by atoms with Gasteiger partial charge in [-0.2, -0.15) is 0 Å². The molecule has 0 saturated heterocycles. The first kappa shape index (κ1) is 17.0. The molecule has 2 aromatic rings. The van der Waals surface area contributed by atoms with E-state index in [4.69, 9.17) is 4.74 Å². The zero-order valence-electron chi connectivity index (χ0n) is 13.0. The fraction of sp³-hybridized carbons (Fsp3) is 0.312. The van der Waals surface area contributed by atoms with Gasteiger partial charge < -0.3 is 14.8 Å². The van der Waals surface area contributed by atoms with Crippen LogP contribution in [0, 0.1) is 6.92 Å². The molecule has 0 saturated carbocycles. The number of nitrogens with one attached hydrogen (secondary N) is 1. The summed E-state index contributed by atoms with van der Waals surface area (Å²) >= 11 is 1.11. The number of amides is 1. The summed E-state index contributed by atoms with van der Waals surface area (Å²) in [5.74, 6) is 0.176. The average molecular weight is 334 g/mol. The zero-order valence-corrected chi connectivity index (χ0v) is 13.8. The zero-order chi connectivity index (χ0) is 16.7. The molecule has 6 nitrogen and oxygen atoms in total. The molecule has 0 fully saturated rings. The fourth-order valence-corrected chi connectivity index (χ4v) is 2.75. The van der Waals surface area contributed by atoms with E-state index in [1.807, 2.05) is 30.3 Å². The van der Waals surface area contributed by atoms with Crippen molar-refractivity contribution in [3.05, 3.63) is 40.9 Å². The van der Waals surface area contributed by atoms with E-state index in [-0.39, 0.29) is 5.91 Å². The van der Waals surface area contributed by atoms with Crippen LogP contribution in [0.1, 0.15) is 28.2 Å². The lowest BCUT2D eigenvalue weighted by atomic mass is 10.3. The highest BCUT2D eigenvalue weighted by atomic mass is 32.1. The number of anilines is 1. The number of ether oxygens (including phenoxy) is 2. The maximum Gasteiger partial charge on any atom is 0.350 e. The van der Waals surface area contributed by atoms with Crippen molar-refractivity contribution in [2.75, 3.05) is 19.0 Å². The average Bonchev–Trinajstić information content (AvgIpc) is 2.92. The SMILES string of the molecule is COC(=O)c1sc(NC(=O)CCCOc2ccccc2)nc1C. The molecule has 1 N–H and O–H groups in total. The van der Waals surface area contributed by atoms with Gasteiger partial charge in [0.05, 0.1) is 19.4 Å². The van der Waals surface area contributed by atoms with Gasteiger partial charge in [0.15, 0.2) is 5.13 Å². The Bertz CT molecular complexity index is 670. The largest absolute Gasteiger partial charge is 0.494 e. The van der Waals surface area contributed by atoms with Crippen molar-refractivity contribution in [2.24, 2.45) is 0 Å². The number of aryl methyl sites for hydroxylation is 1. The van der Waals surface area contributed by atoms with Gasteiger partial charge in [-0.15, -0.1) is 0 Å². The molecule has 1 aromatic heterocycles. The van der Waals surface area contributed by atoms with Gasteiger partial charge in [0.1, 0.15) is 10.6 Å². The molecule has 0 unspecified atom stereocenters. The normalized spacial score (nSPS) is 10.2. The summed E-state index contributed by atoms with van der Waals surface area (Å²) in [5.41, 5.74) is 0.546. The quantitative estimate of drug-likeness (QED) is 0.622. The monoisotopic (exact) mass is 334 g/mol. The number of hydrogen-bond acceptors (Lipinski definition) is 6. The number of carbonyl (C=O) groups excluding carboxylic acids is 2. The van der Waals surface area contributed by atoms with Gasteiger partial charge in [-0.1, -0.05) is 29.5 Å². The molecule has 0 radical (unpaired) electrons. The maximum absolute atomic E-state index is 11.9. The van der Waals surface area contributed by atoms with Gasteiger partial charge in [0.25, 0.3) is 0 Å². The minimum Gasteiger partial charge on any atom is -0.494 e. The Morgan fingerprint density at radius 1 is 1.26 bits per heavy atom. The summed E-state index contributed by atoms with van der Waals surface area (Å²) in [6.45, 7) is 2.16. The van der Waals surface area contributed by atoms with Crippen LogP contribution in [-0.4, -0.2) is 30.6 Å². The Hall–Kier alpha value is -2.41. The number of methoxy groups -OCH3 is 1. The van der Waals surface area contributed by atoms with E-state index in [0.29, 0.717) is 35.2 Å². The number of aromatic nitrogens is 1. The first-order chi connectivity index (χ1) is 11.1. The Kier molecular flexibility index (Phi) is 6.10. The standard InChI is InChI=1S/C16H18N2O4S/c1-11-14(15(20)21-2)23-16(17-11)18-13(19)9-6-10-22-12-7-4-3-5-8-12/h3-5,7-8H,6,9-10H2,1-2H3,(H,17,18,19). The minimum absolute atomic E-state index is 0.160. The topological polar surface area (TPSA) is 77.5 Å². The van der Waals surface area contributed by atoms with Crippen LogP contribution in [0.4, 0.5) is 5.13 Å². The molecule has 0 aliphatic rings. The third-order valence-electron chi connectivity index (χ3n) is 2.97. The first-order valence-electron chi connectivity index (χ1n) is 7.13. The predicted molar refractivity (Wildman–Crippen MR) is 88.0 cm³/mol. The number of nitrogens with zero attached hydrogens (tertiary/aromatic N) is 1. The molecular weight excluding hydrogens is 316 g/mol. The molecule has 7 heteroatoms. The lowest BCUT2D eigenvalue weighted by Crippen LogP contribution is -2.12. The van der Waals surface area contributed by atoms with Crippen LogP contribution in [0.25, 0.3) is 0 Å². The van der Waals surface area contributed by atoms with Gasteiger partial charge >= 0.3 is 5.97 Å². The van der Waals surface area contributed by atoms with E-state index in [1.54, 1.807) is 6.92 Å². The summed E-state index contributed by atoms with van der Waals surface area (Å²) in [7, 11) is 1.31. The highest BCUT2D eigenvalue weighted by molar-refractivity contribution is 7.17. The van der Waals surface area contributed by atoms with Crippen LogP contribution >= 0.6 is 11.3 Å². The number of benzene rings is 1. The van der Waals surface area contributed by atoms with E-state index >= 15 is 0 Å². The summed E-state index contributed by atoms with van der Waals surface area (Å²) in [5, 5.41) is 3.09. The third kappa shape index (κ3) is 5.07. The van der Waals surface area contributed by atoms with Crippen molar-refractivity contribution in [3.8, 4) is 5.75 Å².